The van der Waals surface area contributed by atoms with Crippen molar-refractivity contribution in [2.24, 2.45) is 0 Å². The molecule has 1 heterocycles. The van der Waals surface area contributed by atoms with Gasteiger partial charge in [0.2, 0.25) is 5.95 Å². The Bertz CT molecular complexity index is 941. The highest BCUT2D eigenvalue weighted by molar-refractivity contribution is 9.10. The van der Waals surface area contributed by atoms with Gasteiger partial charge in [-0.25, -0.2) is 4.98 Å². The molecule has 0 fully saturated rings. The number of hydrogen-bond donors (Lipinski definition) is 1. The zero-order valence-electron chi connectivity index (χ0n) is 15.3. The molecule has 0 bridgehead atoms. The van der Waals surface area contributed by atoms with Crippen molar-refractivity contribution in [3.05, 3.63) is 70.3 Å². The summed E-state index contributed by atoms with van der Waals surface area (Å²) >= 11 is 3.36. The molecule has 28 heavy (non-hydrogen) atoms. The minimum atomic E-state index is -4.57. The van der Waals surface area contributed by atoms with Crippen molar-refractivity contribution in [3.8, 4) is 0 Å². The fourth-order valence-electron chi connectivity index (χ4n) is 2.58. The SMILES string of the molecule is CCc1ccc(Nc2nc(N(C)c3ccc(Br)cc3)ncc2C(F)(F)F)cc1. The van der Waals surface area contributed by atoms with E-state index in [0.29, 0.717) is 5.69 Å². The Morgan fingerprint density at radius 3 is 2.25 bits per heavy atom. The Balaban J connectivity index is 1.97. The van der Waals surface area contributed by atoms with Crippen molar-refractivity contribution in [1.29, 1.82) is 0 Å². The van der Waals surface area contributed by atoms with Crippen LogP contribution in [0.3, 0.4) is 0 Å². The Morgan fingerprint density at radius 1 is 1.04 bits per heavy atom. The molecular formula is C20H18BrF3N4. The minimum Gasteiger partial charge on any atom is -0.340 e. The lowest BCUT2D eigenvalue weighted by Gasteiger charge is -2.20. The van der Waals surface area contributed by atoms with Gasteiger partial charge in [0.25, 0.3) is 0 Å². The van der Waals surface area contributed by atoms with Gasteiger partial charge in [-0.15, -0.1) is 0 Å². The molecule has 2 aromatic carbocycles. The highest BCUT2D eigenvalue weighted by atomic mass is 79.9. The molecule has 146 valence electrons. The number of hydrogen-bond acceptors (Lipinski definition) is 4. The van der Waals surface area contributed by atoms with Gasteiger partial charge in [0.1, 0.15) is 11.4 Å². The molecule has 0 aliphatic rings. The van der Waals surface area contributed by atoms with Crippen molar-refractivity contribution in [2.75, 3.05) is 17.3 Å². The van der Waals surface area contributed by atoms with Gasteiger partial charge in [0, 0.05) is 29.1 Å². The van der Waals surface area contributed by atoms with Gasteiger partial charge in [-0.3, -0.25) is 0 Å². The standard InChI is InChI=1S/C20H18BrF3N4/c1-3-13-4-8-15(9-5-13)26-18-17(20(22,23)24)12-25-19(27-18)28(2)16-10-6-14(21)7-11-16/h4-12H,3H2,1-2H3,(H,25,26,27). The monoisotopic (exact) mass is 450 g/mol. The average Bonchev–Trinajstić information content (AvgIpc) is 2.68. The minimum absolute atomic E-state index is 0.156. The smallest absolute Gasteiger partial charge is 0.340 e. The summed E-state index contributed by atoms with van der Waals surface area (Å²) in [5.41, 5.74) is 1.46. The average molecular weight is 451 g/mol. The molecule has 0 aliphatic carbocycles. The van der Waals surface area contributed by atoms with E-state index in [1.54, 1.807) is 24.1 Å². The molecular weight excluding hydrogens is 433 g/mol. The second-order valence-corrected chi connectivity index (χ2v) is 7.06. The van der Waals surface area contributed by atoms with E-state index in [-0.39, 0.29) is 11.8 Å². The lowest BCUT2D eigenvalue weighted by atomic mass is 10.1. The molecule has 3 aromatic rings. The van der Waals surface area contributed by atoms with Crippen molar-refractivity contribution < 1.29 is 13.2 Å². The van der Waals surface area contributed by atoms with Crippen LogP contribution in [-0.2, 0) is 12.6 Å². The number of halogens is 4. The second kappa shape index (κ2) is 8.18. The van der Waals surface area contributed by atoms with Gasteiger partial charge in [-0.1, -0.05) is 35.0 Å². The van der Waals surface area contributed by atoms with Crippen LogP contribution in [0.15, 0.2) is 59.2 Å². The number of nitrogens with one attached hydrogen (secondary N) is 1. The van der Waals surface area contributed by atoms with E-state index in [1.807, 2.05) is 43.3 Å². The van der Waals surface area contributed by atoms with Crippen LogP contribution in [0.4, 0.5) is 36.3 Å². The van der Waals surface area contributed by atoms with Crippen molar-refractivity contribution in [2.45, 2.75) is 19.5 Å². The van der Waals surface area contributed by atoms with E-state index in [4.69, 9.17) is 0 Å². The number of benzene rings is 2. The zero-order valence-corrected chi connectivity index (χ0v) is 16.8. The highest BCUT2D eigenvalue weighted by Crippen LogP contribution is 2.36. The number of rotatable bonds is 5. The summed E-state index contributed by atoms with van der Waals surface area (Å²) in [5, 5.41) is 2.78. The maximum atomic E-state index is 13.4. The van der Waals surface area contributed by atoms with E-state index in [1.165, 1.54) is 0 Å². The van der Waals surface area contributed by atoms with Gasteiger partial charge < -0.3 is 10.2 Å². The number of alkyl halides is 3. The van der Waals surface area contributed by atoms with Crippen LogP contribution in [0, 0.1) is 0 Å². The fourth-order valence-corrected chi connectivity index (χ4v) is 2.84. The van der Waals surface area contributed by atoms with Crippen molar-refractivity contribution in [3.63, 3.8) is 0 Å². The maximum absolute atomic E-state index is 13.4. The zero-order chi connectivity index (χ0) is 20.3. The van der Waals surface area contributed by atoms with Crippen LogP contribution in [0.2, 0.25) is 0 Å². The third-order valence-electron chi connectivity index (χ3n) is 4.22. The first-order valence-corrected chi connectivity index (χ1v) is 9.36. The predicted molar refractivity (Wildman–Crippen MR) is 108 cm³/mol. The van der Waals surface area contributed by atoms with E-state index in [2.05, 4.69) is 31.2 Å². The highest BCUT2D eigenvalue weighted by Gasteiger charge is 2.35. The first-order chi connectivity index (χ1) is 13.3. The third kappa shape index (κ3) is 4.62. The largest absolute Gasteiger partial charge is 0.421 e. The summed E-state index contributed by atoms with van der Waals surface area (Å²) in [6.45, 7) is 2.01. The topological polar surface area (TPSA) is 41.1 Å². The molecule has 1 N–H and O–H groups in total. The first-order valence-electron chi connectivity index (χ1n) is 8.57. The quantitative estimate of drug-likeness (QED) is 0.492. The first kappa shape index (κ1) is 20.1. The molecule has 4 nitrogen and oxygen atoms in total. The predicted octanol–water partition coefficient (Wildman–Crippen LogP) is 6.33. The fraction of sp³-hybridized carbons (Fsp3) is 0.200. The summed E-state index contributed by atoms with van der Waals surface area (Å²) in [6, 6.07) is 14.5. The van der Waals surface area contributed by atoms with Crippen LogP contribution >= 0.6 is 15.9 Å². The van der Waals surface area contributed by atoms with Crippen LogP contribution in [-0.4, -0.2) is 17.0 Å². The number of aromatic nitrogens is 2. The third-order valence-corrected chi connectivity index (χ3v) is 4.75. The summed E-state index contributed by atoms with van der Waals surface area (Å²) < 4.78 is 41.2. The number of anilines is 4. The molecule has 0 atom stereocenters. The van der Waals surface area contributed by atoms with Gasteiger partial charge >= 0.3 is 6.18 Å². The lowest BCUT2D eigenvalue weighted by Crippen LogP contribution is -2.17. The Morgan fingerprint density at radius 2 is 1.68 bits per heavy atom. The molecule has 0 amide bonds. The normalized spacial score (nSPS) is 11.4. The molecule has 0 aliphatic heterocycles. The van der Waals surface area contributed by atoms with Gasteiger partial charge in [-0.2, -0.15) is 18.2 Å². The Labute approximate surface area is 169 Å². The Hall–Kier alpha value is -2.61. The van der Waals surface area contributed by atoms with Crippen LogP contribution < -0.4 is 10.2 Å². The van der Waals surface area contributed by atoms with Crippen LogP contribution in [0.25, 0.3) is 0 Å². The van der Waals surface area contributed by atoms with Crippen molar-refractivity contribution in [1.82, 2.24) is 9.97 Å². The summed E-state index contributed by atoms with van der Waals surface area (Å²) in [4.78, 5) is 9.69. The van der Waals surface area contributed by atoms with E-state index >= 15 is 0 Å². The summed E-state index contributed by atoms with van der Waals surface area (Å²) in [5.74, 6) is -0.131. The summed E-state index contributed by atoms with van der Waals surface area (Å²) in [7, 11) is 1.70. The second-order valence-electron chi connectivity index (χ2n) is 6.14. The lowest BCUT2D eigenvalue weighted by molar-refractivity contribution is -0.137. The van der Waals surface area contributed by atoms with Gasteiger partial charge in [0.05, 0.1) is 0 Å². The van der Waals surface area contributed by atoms with Gasteiger partial charge in [0.15, 0.2) is 0 Å². The van der Waals surface area contributed by atoms with Gasteiger partial charge in [-0.05, 0) is 48.4 Å². The molecule has 0 saturated carbocycles. The molecule has 3 rings (SSSR count). The number of aryl methyl sites for hydroxylation is 1. The Kier molecular flexibility index (Phi) is 5.88. The maximum Gasteiger partial charge on any atom is 0.421 e. The molecule has 8 heteroatoms. The van der Waals surface area contributed by atoms with E-state index in [9.17, 15) is 13.2 Å². The molecule has 1 aromatic heterocycles. The molecule has 0 radical (unpaired) electrons. The van der Waals surface area contributed by atoms with Crippen LogP contribution in [0.5, 0.6) is 0 Å². The van der Waals surface area contributed by atoms with E-state index in [0.717, 1.165) is 28.3 Å². The van der Waals surface area contributed by atoms with Crippen LogP contribution in [0.1, 0.15) is 18.1 Å². The molecule has 0 unspecified atom stereocenters. The van der Waals surface area contributed by atoms with E-state index < -0.39 is 11.7 Å². The van der Waals surface area contributed by atoms with Crippen molar-refractivity contribution >= 4 is 39.1 Å². The molecule has 0 saturated heterocycles. The number of nitrogens with zero attached hydrogens (tertiary/aromatic N) is 3. The summed E-state index contributed by atoms with van der Waals surface area (Å²) in [6.07, 6.45) is -2.91. The molecule has 0 spiro atoms.